The Morgan fingerprint density at radius 2 is 2.14 bits per heavy atom. The van der Waals surface area contributed by atoms with Crippen LogP contribution in [0, 0.1) is 11.6 Å². The molecule has 0 saturated heterocycles. The summed E-state index contributed by atoms with van der Waals surface area (Å²) in [7, 11) is 0. The molecule has 5 nitrogen and oxygen atoms in total. The third-order valence-electron chi connectivity index (χ3n) is 3.03. The zero-order valence-electron chi connectivity index (χ0n) is 12.1. The normalized spacial score (nSPS) is 12.4. The first-order valence-corrected chi connectivity index (χ1v) is 7.63. The van der Waals surface area contributed by atoms with Gasteiger partial charge in [0.1, 0.15) is 0 Å². The highest BCUT2D eigenvalue weighted by Gasteiger charge is 2.21. The summed E-state index contributed by atoms with van der Waals surface area (Å²) >= 11 is 1.10. The summed E-state index contributed by atoms with van der Waals surface area (Å²) in [6.45, 7) is 4.04. The fourth-order valence-corrected chi connectivity index (χ4v) is 2.87. The Labute approximate surface area is 129 Å². The van der Waals surface area contributed by atoms with E-state index in [9.17, 15) is 18.4 Å². The van der Waals surface area contributed by atoms with E-state index in [4.69, 9.17) is 0 Å². The number of Topliss-reactive ketones (excluding diaryl/α,β-unsaturated/α-hetero) is 1. The number of benzene rings is 1. The molecule has 22 heavy (non-hydrogen) atoms. The zero-order chi connectivity index (χ0) is 16.3. The van der Waals surface area contributed by atoms with Gasteiger partial charge in [-0.3, -0.25) is 9.36 Å². The Morgan fingerprint density at radius 1 is 1.41 bits per heavy atom. The first kappa shape index (κ1) is 16.4. The first-order chi connectivity index (χ1) is 10.4. The van der Waals surface area contributed by atoms with E-state index in [0.717, 1.165) is 30.3 Å². The van der Waals surface area contributed by atoms with Crippen LogP contribution in [0.4, 0.5) is 8.78 Å². The fourth-order valence-electron chi connectivity index (χ4n) is 1.91. The van der Waals surface area contributed by atoms with Crippen LogP contribution in [-0.2, 0) is 6.54 Å². The van der Waals surface area contributed by atoms with Gasteiger partial charge in [0.15, 0.2) is 22.6 Å². The molecule has 1 atom stereocenters. The molecule has 0 fully saturated rings. The van der Waals surface area contributed by atoms with Crippen molar-refractivity contribution in [3.05, 3.63) is 45.9 Å². The summed E-state index contributed by atoms with van der Waals surface area (Å²) < 4.78 is 27.6. The number of thioether (sulfide) groups is 1. The summed E-state index contributed by atoms with van der Waals surface area (Å²) in [6.07, 6.45) is 0.749. The van der Waals surface area contributed by atoms with E-state index in [1.54, 1.807) is 6.92 Å². The maximum atomic E-state index is 13.2. The van der Waals surface area contributed by atoms with Crippen LogP contribution in [-0.4, -0.2) is 25.8 Å². The molecule has 0 unspecified atom stereocenters. The number of carbonyl (C=O) groups excluding carboxylic acids is 1. The molecule has 1 N–H and O–H groups in total. The molecule has 0 saturated carbocycles. The van der Waals surface area contributed by atoms with Gasteiger partial charge in [-0.25, -0.2) is 18.7 Å². The average Bonchev–Trinajstić information content (AvgIpc) is 2.82. The van der Waals surface area contributed by atoms with Crippen LogP contribution in [0.5, 0.6) is 0 Å². The van der Waals surface area contributed by atoms with Crippen molar-refractivity contribution in [1.82, 2.24) is 14.8 Å². The lowest BCUT2D eigenvalue weighted by atomic mass is 10.1. The van der Waals surface area contributed by atoms with Crippen LogP contribution in [0.2, 0.25) is 0 Å². The highest BCUT2D eigenvalue weighted by atomic mass is 32.2. The molecule has 118 valence electrons. The molecule has 0 aliphatic rings. The molecule has 0 aliphatic carbocycles. The minimum absolute atomic E-state index is 0.0822. The minimum Gasteiger partial charge on any atom is -0.293 e. The lowest BCUT2D eigenvalue weighted by Crippen LogP contribution is -2.19. The van der Waals surface area contributed by atoms with Crippen molar-refractivity contribution in [2.45, 2.75) is 37.2 Å². The van der Waals surface area contributed by atoms with Gasteiger partial charge in [0.2, 0.25) is 0 Å². The van der Waals surface area contributed by atoms with Crippen LogP contribution in [0.3, 0.4) is 0 Å². The van der Waals surface area contributed by atoms with Crippen molar-refractivity contribution in [3.63, 3.8) is 0 Å². The number of H-pyrrole nitrogens is 1. The molecule has 8 heteroatoms. The summed E-state index contributed by atoms with van der Waals surface area (Å²) in [5, 5.41) is 6.03. The Bertz CT molecular complexity index is 742. The molecule has 0 aliphatic heterocycles. The number of halogens is 2. The van der Waals surface area contributed by atoms with Gasteiger partial charge in [-0.1, -0.05) is 18.7 Å². The van der Waals surface area contributed by atoms with E-state index in [1.165, 1.54) is 10.6 Å². The van der Waals surface area contributed by atoms with E-state index in [-0.39, 0.29) is 17.0 Å². The third kappa shape index (κ3) is 3.44. The molecule has 2 aromatic rings. The molecule has 2 rings (SSSR count). The average molecular weight is 327 g/mol. The summed E-state index contributed by atoms with van der Waals surface area (Å²) in [6, 6.07) is 3.03. The number of hydrogen-bond donors (Lipinski definition) is 1. The standard InChI is InChI=1S/C14H15F2N3O2S/c1-3-6-19-13(21)17-18-14(19)22-8(2)12(20)9-4-5-10(15)11(16)7-9/h4-5,7-8H,3,6H2,1-2H3,(H,17,21)/t8-/m1/s1. The van der Waals surface area contributed by atoms with Gasteiger partial charge in [-0.2, -0.15) is 0 Å². The highest BCUT2D eigenvalue weighted by Crippen LogP contribution is 2.23. The number of aromatic nitrogens is 3. The van der Waals surface area contributed by atoms with E-state index >= 15 is 0 Å². The first-order valence-electron chi connectivity index (χ1n) is 6.75. The van der Waals surface area contributed by atoms with E-state index in [2.05, 4.69) is 10.2 Å². The number of hydrogen-bond acceptors (Lipinski definition) is 4. The zero-order valence-corrected chi connectivity index (χ0v) is 12.9. The topological polar surface area (TPSA) is 67.8 Å². The molecule has 1 aromatic carbocycles. The van der Waals surface area contributed by atoms with E-state index in [0.29, 0.717) is 11.7 Å². The van der Waals surface area contributed by atoms with Crippen LogP contribution in [0.1, 0.15) is 30.6 Å². The summed E-state index contributed by atoms with van der Waals surface area (Å²) in [5.41, 5.74) is -0.254. The molecule has 0 bridgehead atoms. The van der Waals surface area contributed by atoms with Gasteiger partial charge in [-0.15, -0.1) is 5.10 Å². The molecular formula is C14H15F2N3O2S. The maximum Gasteiger partial charge on any atom is 0.343 e. The number of rotatable bonds is 6. The fraction of sp³-hybridized carbons (Fsp3) is 0.357. The number of aromatic amines is 1. The van der Waals surface area contributed by atoms with Crippen LogP contribution >= 0.6 is 11.8 Å². The number of carbonyl (C=O) groups is 1. The molecule has 1 aromatic heterocycles. The van der Waals surface area contributed by atoms with Crippen molar-refractivity contribution in [3.8, 4) is 0 Å². The Kier molecular flexibility index (Phi) is 5.12. The summed E-state index contributed by atoms with van der Waals surface area (Å²) in [5.74, 6) is -2.42. The lowest BCUT2D eigenvalue weighted by Gasteiger charge is -2.10. The monoisotopic (exact) mass is 327 g/mol. The Morgan fingerprint density at radius 3 is 2.77 bits per heavy atom. The number of nitrogens with zero attached hydrogens (tertiary/aromatic N) is 2. The van der Waals surface area contributed by atoms with Crippen molar-refractivity contribution in [2.75, 3.05) is 0 Å². The van der Waals surface area contributed by atoms with Gasteiger partial charge in [-0.05, 0) is 31.5 Å². The van der Waals surface area contributed by atoms with Crippen LogP contribution in [0.25, 0.3) is 0 Å². The predicted octanol–water partition coefficient (Wildman–Crippen LogP) is 2.62. The number of nitrogens with one attached hydrogen (secondary N) is 1. The van der Waals surface area contributed by atoms with Crippen molar-refractivity contribution in [1.29, 1.82) is 0 Å². The quantitative estimate of drug-likeness (QED) is 0.654. The molecule has 0 spiro atoms. The maximum absolute atomic E-state index is 13.2. The van der Waals surface area contributed by atoms with Gasteiger partial charge >= 0.3 is 5.69 Å². The van der Waals surface area contributed by atoms with Crippen LogP contribution in [0.15, 0.2) is 28.2 Å². The largest absolute Gasteiger partial charge is 0.343 e. The second kappa shape index (κ2) is 6.87. The molecule has 1 heterocycles. The smallest absolute Gasteiger partial charge is 0.293 e. The minimum atomic E-state index is -1.06. The van der Waals surface area contributed by atoms with Gasteiger partial charge in [0.05, 0.1) is 5.25 Å². The SMILES string of the molecule is CCCn1c(S[C@H](C)C(=O)c2ccc(F)c(F)c2)n[nH]c1=O. The second-order valence-corrected chi connectivity index (χ2v) is 6.02. The second-order valence-electron chi connectivity index (χ2n) is 4.72. The van der Waals surface area contributed by atoms with E-state index < -0.39 is 16.9 Å². The van der Waals surface area contributed by atoms with Gasteiger partial charge in [0.25, 0.3) is 0 Å². The van der Waals surface area contributed by atoms with Gasteiger partial charge < -0.3 is 0 Å². The Balaban J connectivity index is 2.18. The van der Waals surface area contributed by atoms with Crippen molar-refractivity contribution >= 4 is 17.5 Å². The predicted molar refractivity (Wildman–Crippen MR) is 79.1 cm³/mol. The lowest BCUT2D eigenvalue weighted by molar-refractivity contribution is 0.0993. The molecule has 0 amide bonds. The van der Waals surface area contributed by atoms with Crippen molar-refractivity contribution in [2.24, 2.45) is 0 Å². The summed E-state index contributed by atoms with van der Waals surface area (Å²) in [4.78, 5) is 23.8. The van der Waals surface area contributed by atoms with Gasteiger partial charge in [0, 0.05) is 12.1 Å². The molecule has 0 radical (unpaired) electrons. The van der Waals surface area contributed by atoms with E-state index in [1.807, 2.05) is 6.92 Å². The number of ketones is 1. The van der Waals surface area contributed by atoms with Crippen LogP contribution < -0.4 is 5.69 Å². The molecular weight excluding hydrogens is 312 g/mol. The Hall–Kier alpha value is -1.96. The van der Waals surface area contributed by atoms with Crippen molar-refractivity contribution < 1.29 is 13.6 Å². The third-order valence-corrected chi connectivity index (χ3v) is 4.12. The highest BCUT2D eigenvalue weighted by molar-refractivity contribution is 8.00.